The number of esters is 1. The molecule has 1 aromatic carbocycles. The first-order valence-electron chi connectivity index (χ1n) is 6.00. The number of nitrogens with zero attached hydrogens (tertiary/aromatic N) is 1. The molecular weight excluding hydrogens is 244 g/mol. The van der Waals surface area contributed by atoms with Crippen molar-refractivity contribution >= 4 is 5.97 Å². The highest BCUT2D eigenvalue weighted by Gasteiger charge is 2.08. The smallest absolute Gasteiger partial charge is 0.311 e. The maximum atomic E-state index is 11.6. The Morgan fingerprint density at radius 2 is 2.05 bits per heavy atom. The van der Waals surface area contributed by atoms with Crippen LogP contribution in [0.1, 0.15) is 12.6 Å². The number of carbonyl (C=O) groups excluding carboxylic acids is 1. The van der Waals surface area contributed by atoms with Gasteiger partial charge in [-0.3, -0.25) is 9.59 Å². The minimum absolute atomic E-state index is 0.00239. The summed E-state index contributed by atoms with van der Waals surface area (Å²) in [6, 6.07) is 10.6. The predicted octanol–water partition coefficient (Wildman–Crippen LogP) is 1.54. The Balaban J connectivity index is 2.30. The van der Waals surface area contributed by atoms with Crippen LogP contribution in [0.15, 0.2) is 41.2 Å². The largest absolute Gasteiger partial charge is 0.466 e. The van der Waals surface area contributed by atoms with E-state index in [1.807, 2.05) is 30.3 Å². The normalized spacial score (nSPS) is 10.2. The van der Waals surface area contributed by atoms with E-state index in [4.69, 9.17) is 4.74 Å². The van der Waals surface area contributed by atoms with Crippen LogP contribution < -0.4 is 5.56 Å². The highest BCUT2D eigenvalue weighted by Crippen LogP contribution is 2.12. The molecule has 0 bridgehead atoms. The third-order valence-corrected chi connectivity index (χ3v) is 2.47. The van der Waals surface area contributed by atoms with E-state index in [0.29, 0.717) is 18.1 Å². The van der Waals surface area contributed by atoms with Crippen molar-refractivity contribution in [1.29, 1.82) is 0 Å². The number of benzene rings is 1. The Morgan fingerprint density at radius 1 is 1.32 bits per heavy atom. The van der Waals surface area contributed by atoms with Crippen LogP contribution in [0.2, 0.25) is 0 Å². The summed E-state index contributed by atoms with van der Waals surface area (Å²) >= 11 is 0. The second-order valence-electron chi connectivity index (χ2n) is 3.93. The summed E-state index contributed by atoms with van der Waals surface area (Å²) in [5.74, 6) is 0.0620. The number of carbonyl (C=O) groups is 1. The first-order chi connectivity index (χ1) is 9.19. The van der Waals surface area contributed by atoms with Crippen molar-refractivity contribution in [2.45, 2.75) is 13.3 Å². The third kappa shape index (κ3) is 3.51. The predicted molar refractivity (Wildman–Crippen MR) is 70.6 cm³/mol. The maximum absolute atomic E-state index is 11.6. The number of aromatic amines is 1. The summed E-state index contributed by atoms with van der Waals surface area (Å²) in [5, 5.41) is 0. The molecule has 0 radical (unpaired) electrons. The lowest BCUT2D eigenvalue weighted by Crippen LogP contribution is -2.14. The number of aromatic nitrogens is 2. The summed E-state index contributed by atoms with van der Waals surface area (Å²) in [5.41, 5.74) is 0.916. The number of hydrogen-bond donors (Lipinski definition) is 1. The van der Waals surface area contributed by atoms with Crippen LogP contribution in [0.25, 0.3) is 11.4 Å². The molecule has 1 N–H and O–H groups in total. The third-order valence-electron chi connectivity index (χ3n) is 2.47. The summed E-state index contributed by atoms with van der Waals surface area (Å²) in [7, 11) is 0. The molecule has 1 heterocycles. The molecule has 0 aliphatic carbocycles. The van der Waals surface area contributed by atoms with E-state index in [1.165, 1.54) is 6.07 Å². The van der Waals surface area contributed by atoms with E-state index in [1.54, 1.807) is 6.92 Å². The van der Waals surface area contributed by atoms with Gasteiger partial charge in [0.2, 0.25) is 0 Å². The van der Waals surface area contributed by atoms with Gasteiger partial charge in [0.05, 0.1) is 18.7 Å². The molecule has 0 spiro atoms. The molecule has 0 saturated carbocycles. The Kier molecular flexibility index (Phi) is 4.07. The van der Waals surface area contributed by atoms with Gasteiger partial charge in [-0.05, 0) is 6.92 Å². The molecule has 0 saturated heterocycles. The zero-order valence-electron chi connectivity index (χ0n) is 10.6. The van der Waals surface area contributed by atoms with E-state index in [-0.39, 0.29) is 17.9 Å². The lowest BCUT2D eigenvalue weighted by atomic mass is 10.2. The zero-order chi connectivity index (χ0) is 13.7. The van der Waals surface area contributed by atoms with Gasteiger partial charge in [-0.2, -0.15) is 0 Å². The second-order valence-corrected chi connectivity index (χ2v) is 3.93. The van der Waals surface area contributed by atoms with Crippen LogP contribution in [0.3, 0.4) is 0 Å². The fourth-order valence-corrected chi connectivity index (χ4v) is 1.69. The fourth-order valence-electron chi connectivity index (χ4n) is 1.69. The summed E-state index contributed by atoms with van der Waals surface area (Å²) in [6.45, 7) is 2.05. The number of hydrogen-bond acceptors (Lipinski definition) is 4. The van der Waals surface area contributed by atoms with Gasteiger partial charge >= 0.3 is 5.97 Å². The molecule has 2 aromatic rings. The number of rotatable bonds is 4. The molecule has 2 rings (SSSR count). The van der Waals surface area contributed by atoms with Crippen LogP contribution in [-0.2, 0) is 16.0 Å². The molecule has 0 atom stereocenters. The number of H-pyrrole nitrogens is 1. The number of ether oxygens (including phenoxy) is 1. The molecule has 5 nitrogen and oxygen atoms in total. The van der Waals surface area contributed by atoms with Gasteiger partial charge in [0.25, 0.3) is 5.56 Å². The van der Waals surface area contributed by atoms with Crippen LogP contribution in [-0.4, -0.2) is 22.5 Å². The van der Waals surface area contributed by atoms with Gasteiger partial charge in [0.15, 0.2) is 0 Å². The average molecular weight is 258 g/mol. The molecule has 0 fully saturated rings. The summed E-state index contributed by atoms with van der Waals surface area (Å²) in [4.78, 5) is 29.9. The fraction of sp³-hybridized carbons (Fsp3) is 0.214. The summed E-state index contributed by atoms with van der Waals surface area (Å²) in [6.07, 6.45) is -0.00239. The van der Waals surface area contributed by atoms with E-state index < -0.39 is 0 Å². The molecular formula is C14H14N2O3. The minimum Gasteiger partial charge on any atom is -0.466 e. The van der Waals surface area contributed by atoms with Gasteiger partial charge < -0.3 is 9.72 Å². The van der Waals surface area contributed by atoms with Crippen molar-refractivity contribution in [3.63, 3.8) is 0 Å². The van der Waals surface area contributed by atoms with E-state index in [9.17, 15) is 9.59 Å². The summed E-state index contributed by atoms with van der Waals surface area (Å²) < 4.78 is 4.84. The molecule has 0 aliphatic heterocycles. The van der Waals surface area contributed by atoms with Crippen molar-refractivity contribution in [3.8, 4) is 11.4 Å². The topological polar surface area (TPSA) is 72.1 Å². The first-order valence-corrected chi connectivity index (χ1v) is 6.00. The quantitative estimate of drug-likeness (QED) is 0.844. The van der Waals surface area contributed by atoms with Crippen LogP contribution in [0, 0.1) is 0 Å². The monoisotopic (exact) mass is 258 g/mol. The first kappa shape index (κ1) is 13.0. The van der Waals surface area contributed by atoms with Gasteiger partial charge in [-0.15, -0.1) is 0 Å². The molecule has 0 amide bonds. The lowest BCUT2D eigenvalue weighted by Gasteiger charge is -2.04. The molecule has 5 heteroatoms. The SMILES string of the molecule is CCOC(=O)Cc1cc(=O)[nH]c(-c2ccccc2)n1. The molecule has 98 valence electrons. The Morgan fingerprint density at radius 3 is 2.74 bits per heavy atom. The van der Waals surface area contributed by atoms with Crippen LogP contribution >= 0.6 is 0 Å². The van der Waals surface area contributed by atoms with E-state index in [0.717, 1.165) is 5.56 Å². The molecule has 0 unspecified atom stereocenters. The standard InChI is InChI=1S/C14H14N2O3/c1-2-19-13(18)9-11-8-12(17)16-14(15-11)10-6-4-3-5-7-10/h3-8H,2,9H2,1H3,(H,15,16,17). The molecule has 1 aromatic heterocycles. The van der Waals surface area contributed by atoms with Crippen LogP contribution in [0.5, 0.6) is 0 Å². The van der Waals surface area contributed by atoms with Gasteiger partial charge in [-0.25, -0.2) is 4.98 Å². The highest BCUT2D eigenvalue weighted by atomic mass is 16.5. The second kappa shape index (κ2) is 5.95. The van der Waals surface area contributed by atoms with Crippen molar-refractivity contribution in [2.75, 3.05) is 6.61 Å². The lowest BCUT2D eigenvalue weighted by molar-refractivity contribution is -0.142. The van der Waals surface area contributed by atoms with Gasteiger partial charge in [0, 0.05) is 11.6 Å². The van der Waals surface area contributed by atoms with Crippen molar-refractivity contribution in [1.82, 2.24) is 9.97 Å². The molecule has 0 aliphatic rings. The molecule has 19 heavy (non-hydrogen) atoms. The Hall–Kier alpha value is -2.43. The van der Waals surface area contributed by atoms with E-state index in [2.05, 4.69) is 9.97 Å². The van der Waals surface area contributed by atoms with Crippen LogP contribution in [0.4, 0.5) is 0 Å². The van der Waals surface area contributed by atoms with Crippen molar-refractivity contribution < 1.29 is 9.53 Å². The van der Waals surface area contributed by atoms with E-state index >= 15 is 0 Å². The maximum Gasteiger partial charge on any atom is 0.311 e. The Labute approximate surface area is 110 Å². The minimum atomic E-state index is -0.389. The average Bonchev–Trinajstić information content (AvgIpc) is 2.39. The van der Waals surface area contributed by atoms with Crippen molar-refractivity contribution in [2.24, 2.45) is 0 Å². The van der Waals surface area contributed by atoms with Gasteiger partial charge in [0.1, 0.15) is 5.82 Å². The zero-order valence-corrected chi connectivity index (χ0v) is 10.6. The Bertz CT molecular complexity index is 620. The highest BCUT2D eigenvalue weighted by molar-refractivity contribution is 5.72. The van der Waals surface area contributed by atoms with Crippen molar-refractivity contribution in [3.05, 3.63) is 52.4 Å². The van der Waals surface area contributed by atoms with Gasteiger partial charge in [-0.1, -0.05) is 30.3 Å². The number of nitrogens with one attached hydrogen (secondary N) is 1.